The number of piperazine rings is 1. The van der Waals surface area contributed by atoms with E-state index in [4.69, 9.17) is 4.74 Å². The van der Waals surface area contributed by atoms with Crippen molar-refractivity contribution in [2.75, 3.05) is 25.5 Å². The molecule has 0 bridgehead atoms. The average molecular weight is 346 g/mol. The summed E-state index contributed by atoms with van der Waals surface area (Å²) in [5.74, 6) is 0.0859. The van der Waals surface area contributed by atoms with E-state index < -0.39 is 12.1 Å². The van der Waals surface area contributed by atoms with E-state index in [0.717, 1.165) is 12.8 Å². The van der Waals surface area contributed by atoms with Gasteiger partial charge in [0.05, 0.1) is 12.8 Å². The predicted octanol–water partition coefficient (Wildman–Crippen LogP) is 0.940. The van der Waals surface area contributed by atoms with Crippen LogP contribution in [-0.2, 0) is 4.79 Å². The minimum atomic E-state index is -0.555. The van der Waals surface area contributed by atoms with Gasteiger partial charge in [-0.05, 0) is 38.0 Å². The highest BCUT2D eigenvalue weighted by Gasteiger charge is 2.30. The van der Waals surface area contributed by atoms with Crippen molar-refractivity contribution >= 4 is 23.5 Å². The summed E-state index contributed by atoms with van der Waals surface area (Å²) in [7, 11) is 1.49. The Balaban J connectivity index is 1.76. The number of anilines is 1. The summed E-state index contributed by atoms with van der Waals surface area (Å²) < 4.78 is 5.27. The first kappa shape index (κ1) is 17.1. The number of hydrogen-bond acceptors (Lipinski definition) is 4. The number of methoxy groups -OCH3 is 1. The number of amides is 4. The molecule has 3 rings (SSSR count). The normalized spacial score (nSPS) is 19.8. The summed E-state index contributed by atoms with van der Waals surface area (Å²) in [6, 6.07) is 4.18. The van der Waals surface area contributed by atoms with Crippen LogP contribution in [0, 0.1) is 0 Å². The third-order valence-corrected chi connectivity index (χ3v) is 4.38. The van der Waals surface area contributed by atoms with Gasteiger partial charge in [0.1, 0.15) is 11.8 Å². The Morgan fingerprint density at radius 3 is 2.76 bits per heavy atom. The van der Waals surface area contributed by atoms with Gasteiger partial charge in [-0.25, -0.2) is 4.79 Å². The molecule has 1 saturated heterocycles. The zero-order valence-electron chi connectivity index (χ0n) is 14.3. The summed E-state index contributed by atoms with van der Waals surface area (Å²) in [6.07, 6.45) is 2.00. The molecule has 1 aromatic carbocycles. The van der Waals surface area contributed by atoms with Gasteiger partial charge in [-0.15, -0.1) is 0 Å². The smallest absolute Gasteiger partial charge is 0.322 e. The minimum absolute atomic E-state index is 0.175. The van der Waals surface area contributed by atoms with Gasteiger partial charge < -0.3 is 25.6 Å². The molecule has 0 unspecified atom stereocenters. The highest BCUT2D eigenvalue weighted by Crippen LogP contribution is 2.27. The monoisotopic (exact) mass is 346 g/mol. The van der Waals surface area contributed by atoms with Crippen LogP contribution in [0.3, 0.4) is 0 Å². The van der Waals surface area contributed by atoms with Crippen LogP contribution in [0.5, 0.6) is 5.75 Å². The number of carbonyl (C=O) groups is 3. The lowest BCUT2D eigenvalue weighted by atomic mass is 10.1. The molecule has 1 heterocycles. The van der Waals surface area contributed by atoms with Gasteiger partial charge in [-0.3, -0.25) is 9.59 Å². The van der Waals surface area contributed by atoms with E-state index in [-0.39, 0.29) is 17.9 Å². The third kappa shape index (κ3) is 3.84. The first-order chi connectivity index (χ1) is 12.0. The largest absolute Gasteiger partial charge is 0.495 e. The Hall–Kier alpha value is -2.77. The number of urea groups is 1. The summed E-state index contributed by atoms with van der Waals surface area (Å²) in [6.45, 7) is 2.51. The highest BCUT2D eigenvalue weighted by molar-refractivity contribution is 5.99. The molecule has 0 aromatic heterocycles. The van der Waals surface area contributed by atoms with Crippen molar-refractivity contribution in [2.24, 2.45) is 0 Å². The second-order valence-electron chi connectivity index (χ2n) is 6.25. The molecule has 0 spiro atoms. The van der Waals surface area contributed by atoms with Crippen LogP contribution in [0.25, 0.3) is 0 Å². The fraction of sp³-hybridized carbons (Fsp3) is 0.471. The fourth-order valence-corrected chi connectivity index (χ4v) is 2.69. The molecule has 1 atom stereocenters. The second kappa shape index (κ2) is 7.00. The maximum atomic E-state index is 12.5. The van der Waals surface area contributed by atoms with E-state index >= 15 is 0 Å². The maximum Gasteiger partial charge on any atom is 0.322 e. The Morgan fingerprint density at radius 1 is 1.32 bits per heavy atom. The highest BCUT2D eigenvalue weighted by atomic mass is 16.5. The lowest BCUT2D eigenvalue weighted by Gasteiger charge is -2.32. The zero-order valence-corrected chi connectivity index (χ0v) is 14.3. The molecule has 8 heteroatoms. The third-order valence-electron chi connectivity index (χ3n) is 4.38. The van der Waals surface area contributed by atoms with E-state index in [1.165, 1.54) is 12.0 Å². The van der Waals surface area contributed by atoms with Gasteiger partial charge in [0, 0.05) is 24.7 Å². The van der Waals surface area contributed by atoms with Crippen LogP contribution in [0.2, 0.25) is 0 Å². The molecule has 1 aliphatic heterocycles. The summed E-state index contributed by atoms with van der Waals surface area (Å²) >= 11 is 0. The van der Waals surface area contributed by atoms with Crippen molar-refractivity contribution in [3.05, 3.63) is 23.8 Å². The Labute approximate surface area is 145 Å². The van der Waals surface area contributed by atoms with Gasteiger partial charge in [-0.2, -0.15) is 0 Å². The quantitative estimate of drug-likeness (QED) is 0.755. The van der Waals surface area contributed by atoms with Gasteiger partial charge >= 0.3 is 6.03 Å². The van der Waals surface area contributed by atoms with Crippen molar-refractivity contribution < 1.29 is 19.1 Å². The molecular formula is C17H22N4O4. The van der Waals surface area contributed by atoms with Crippen LogP contribution in [-0.4, -0.2) is 55.0 Å². The summed E-state index contributed by atoms with van der Waals surface area (Å²) in [5, 5.41) is 8.37. The minimum Gasteiger partial charge on any atom is -0.495 e. The first-order valence-corrected chi connectivity index (χ1v) is 8.34. The molecule has 134 valence electrons. The molecular weight excluding hydrogens is 324 g/mol. The zero-order chi connectivity index (χ0) is 18.0. The van der Waals surface area contributed by atoms with E-state index in [9.17, 15) is 14.4 Å². The van der Waals surface area contributed by atoms with Crippen LogP contribution in [0.1, 0.15) is 30.1 Å². The Morgan fingerprint density at radius 2 is 2.08 bits per heavy atom. The molecule has 4 amide bonds. The van der Waals surface area contributed by atoms with E-state index in [1.807, 2.05) is 0 Å². The Bertz CT molecular complexity index is 702. The average Bonchev–Trinajstić information content (AvgIpc) is 3.41. The summed E-state index contributed by atoms with van der Waals surface area (Å²) in [4.78, 5) is 37.9. The molecule has 0 radical (unpaired) electrons. The number of benzene rings is 1. The lowest BCUT2D eigenvalue weighted by Crippen LogP contribution is -2.56. The van der Waals surface area contributed by atoms with Crippen molar-refractivity contribution in [2.45, 2.75) is 31.8 Å². The molecule has 1 aromatic rings. The van der Waals surface area contributed by atoms with Gasteiger partial charge in [0.25, 0.3) is 5.91 Å². The van der Waals surface area contributed by atoms with Gasteiger partial charge in [-0.1, -0.05) is 0 Å². The van der Waals surface area contributed by atoms with Gasteiger partial charge in [0.15, 0.2) is 0 Å². The molecule has 1 aliphatic carbocycles. The molecule has 8 nitrogen and oxygen atoms in total. The number of nitrogens with one attached hydrogen (secondary N) is 3. The molecule has 25 heavy (non-hydrogen) atoms. The number of rotatable bonds is 4. The number of hydrogen-bond donors (Lipinski definition) is 3. The van der Waals surface area contributed by atoms with E-state index in [1.54, 1.807) is 25.1 Å². The van der Waals surface area contributed by atoms with Gasteiger partial charge in [0.2, 0.25) is 5.91 Å². The fourth-order valence-electron chi connectivity index (χ4n) is 2.69. The van der Waals surface area contributed by atoms with Crippen molar-refractivity contribution in [3.8, 4) is 5.75 Å². The number of ether oxygens (including phenoxy) is 1. The first-order valence-electron chi connectivity index (χ1n) is 8.34. The van der Waals surface area contributed by atoms with Crippen LogP contribution in [0.15, 0.2) is 18.2 Å². The SMILES string of the molecule is COc1ccc(C(=O)NC2CC2)cc1NC(=O)N1CCNC(=O)[C@H]1C. The van der Waals surface area contributed by atoms with E-state index in [0.29, 0.717) is 30.1 Å². The summed E-state index contributed by atoms with van der Waals surface area (Å²) in [5.41, 5.74) is 0.849. The number of carbonyl (C=O) groups excluding carboxylic acids is 3. The standard InChI is InChI=1S/C17H22N4O4/c1-10-15(22)18-7-8-21(10)17(24)20-13-9-11(3-6-14(13)25-2)16(23)19-12-4-5-12/h3,6,9-10,12H,4-5,7-8H2,1-2H3,(H,18,22)(H,19,23)(H,20,24)/t10-/m1/s1. The van der Waals surface area contributed by atoms with Crippen LogP contribution >= 0.6 is 0 Å². The van der Waals surface area contributed by atoms with Crippen LogP contribution in [0.4, 0.5) is 10.5 Å². The maximum absolute atomic E-state index is 12.5. The molecule has 2 fully saturated rings. The van der Waals surface area contributed by atoms with E-state index in [2.05, 4.69) is 16.0 Å². The van der Waals surface area contributed by atoms with Crippen molar-refractivity contribution in [1.82, 2.24) is 15.5 Å². The van der Waals surface area contributed by atoms with Crippen LogP contribution < -0.4 is 20.7 Å². The predicted molar refractivity (Wildman–Crippen MR) is 91.7 cm³/mol. The molecule has 3 N–H and O–H groups in total. The van der Waals surface area contributed by atoms with Crippen molar-refractivity contribution in [3.63, 3.8) is 0 Å². The van der Waals surface area contributed by atoms with Crippen molar-refractivity contribution in [1.29, 1.82) is 0 Å². The lowest BCUT2D eigenvalue weighted by molar-refractivity contribution is -0.126. The second-order valence-corrected chi connectivity index (χ2v) is 6.25. The number of nitrogens with zero attached hydrogens (tertiary/aromatic N) is 1. The molecule has 1 saturated carbocycles. The Kier molecular flexibility index (Phi) is 4.78. The molecule has 2 aliphatic rings. The topological polar surface area (TPSA) is 99.8 Å².